The van der Waals surface area contributed by atoms with Crippen molar-refractivity contribution in [1.29, 1.82) is 0 Å². The normalized spacial score (nSPS) is 13.1. The third kappa shape index (κ3) is 2.51. The Kier molecular flexibility index (Phi) is 3.76. The maximum Gasteiger partial charge on any atom is 0.270 e. The molecule has 126 valence electrons. The van der Waals surface area contributed by atoms with Crippen LogP contribution >= 0.6 is 0 Å². The molecule has 0 N–H and O–H groups in total. The number of hydrogen-bond donors (Lipinski definition) is 0. The van der Waals surface area contributed by atoms with Crippen LogP contribution in [0.3, 0.4) is 0 Å². The van der Waals surface area contributed by atoms with Gasteiger partial charge in [-0.2, -0.15) is 0 Å². The van der Waals surface area contributed by atoms with Gasteiger partial charge in [-0.25, -0.2) is 4.90 Å². The fourth-order valence-electron chi connectivity index (χ4n) is 2.77. The van der Waals surface area contributed by atoms with Gasteiger partial charge in [0.2, 0.25) is 0 Å². The van der Waals surface area contributed by atoms with Crippen LogP contribution in [0.15, 0.2) is 36.4 Å². The van der Waals surface area contributed by atoms with Crippen LogP contribution in [0, 0.1) is 20.2 Å². The predicted molar refractivity (Wildman–Crippen MR) is 86.7 cm³/mol. The van der Waals surface area contributed by atoms with E-state index in [1.165, 1.54) is 30.3 Å². The van der Waals surface area contributed by atoms with Gasteiger partial charge in [0.05, 0.1) is 26.7 Å². The number of nitro groups is 2. The van der Waals surface area contributed by atoms with Crippen LogP contribution in [-0.4, -0.2) is 21.7 Å². The van der Waals surface area contributed by atoms with Crippen molar-refractivity contribution in [3.05, 3.63) is 73.3 Å². The molecular weight excluding hydrogens is 330 g/mol. The summed E-state index contributed by atoms with van der Waals surface area (Å²) in [7, 11) is 0. The van der Waals surface area contributed by atoms with Crippen molar-refractivity contribution in [2.45, 2.75) is 13.3 Å². The van der Waals surface area contributed by atoms with Gasteiger partial charge in [0.1, 0.15) is 0 Å². The third-order valence-corrected chi connectivity index (χ3v) is 3.97. The number of imide groups is 1. The molecule has 0 aromatic heterocycles. The molecule has 0 unspecified atom stereocenters. The predicted octanol–water partition coefficient (Wildman–Crippen LogP) is 2.87. The SMILES string of the molecule is CCc1cc([N+](=O)[O-])cc2c1C(=O)N(c1ccc([N+](=O)[O-])cc1)C2=O. The molecule has 0 bridgehead atoms. The lowest BCUT2D eigenvalue weighted by Crippen LogP contribution is -2.29. The van der Waals surface area contributed by atoms with E-state index < -0.39 is 21.7 Å². The van der Waals surface area contributed by atoms with Crippen molar-refractivity contribution >= 4 is 28.9 Å². The number of anilines is 1. The van der Waals surface area contributed by atoms with Gasteiger partial charge >= 0.3 is 0 Å². The molecule has 9 heteroatoms. The highest BCUT2D eigenvalue weighted by Crippen LogP contribution is 2.34. The Hall–Kier alpha value is -3.62. The van der Waals surface area contributed by atoms with Gasteiger partial charge in [0, 0.05) is 24.3 Å². The minimum Gasteiger partial charge on any atom is -0.268 e. The lowest BCUT2D eigenvalue weighted by molar-refractivity contribution is -0.385. The standard InChI is InChI=1S/C16H11N3O6/c1-2-9-7-12(19(24)25)8-13-14(9)16(21)17(15(13)20)10-3-5-11(6-4-10)18(22)23/h3-8H,2H2,1H3. The Labute approximate surface area is 140 Å². The molecule has 2 aromatic rings. The lowest BCUT2D eigenvalue weighted by atomic mass is 10.00. The van der Waals surface area contributed by atoms with E-state index in [2.05, 4.69) is 0 Å². The highest BCUT2D eigenvalue weighted by atomic mass is 16.6. The molecule has 0 spiro atoms. The lowest BCUT2D eigenvalue weighted by Gasteiger charge is -2.13. The number of hydrogen-bond acceptors (Lipinski definition) is 6. The molecule has 1 aliphatic rings. The molecule has 9 nitrogen and oxygen atoms in total. The van der Waals surface area contributed by atoms with Crippen LogP contribution in [0.4, 0.5) is 17.1 Å². The van der Waals surface area contributed by atoms with Gasteiger partial charge in [-0.3, -0.25) is 29.8 Å². The summed E-state index contributed by atoms with van der Waals surface area (Å²) >= 11 is 0. The average Bonchev–Trinajstić information content (AvgIpc) is 2.85. The van der Waals surface area contributed by atoms with Crippen molar-refractivity contribution in [2.24, 2.45) is 0 Å². The third-order valence-electron chi connectivity index (χ3n) is 3.97. The monoisotopic (exact) mass is 341 g/mol. The first-order chi connectivity index (χ1) is 11.8. The van der Waals surface area contributed by atoms with E-state index in [0.717, 1.165) is 11.0 Å². The summed E-state index contributed by atoms with van der Waals surface area (Å²) in [4.78, 5) is 46.7. The van der Waals surface area contributed by atoms with E-state index >= 15 is 0 Å². The summed E-state index contributed by atoms with van der Waals surface area (Å²) in [6, 6.07) is 7.31. The number of fused-ring (bicyclic) bond motifs is 1. The fourth-order valence-corrected chi connectivity index (χ4v) is 2.77. The van der Waals surface area contributed by atoms with Gasteiger partial charge in [-0.05, 0) is 24.1 Å². The van der Waals surface area contributed by atoms with E-state index in [0.29, 0.717) is 12.0 Å². The Balaban J connectivity index is 2.10. The summed E-state index contributed by atoms with van der Waals surface area (Å²) in [5, 5.41) is 21.8. The smallest absolute Gasteiger partial charge is 0.268 e. The van der Waals surface area contributed by atoms with E-state index in [1.807, 2.05) is 0 Å². The summed E-state index contributed by atoms with van der Waals surface area (Å²) < 4.78 is 0. The van der Waals surface area contributed by atoms with Crippen molar-refractivity contribution in [3.63, 3.8) is 0 Å². The molecule has 25 heavy (non-hydrogen) atoms. The van der Waals surface area contributed by atoms with Crippen LogP contribution in [0.5, 0.6) is 0 Å². The maximum absolute atomic E-state index is 12.7. The number of amides is 2. The van der Waals surface area contributed by atoms with Crippen molar-refractivity contribution in [2.75, 3.05) is 4.90 Å². The van der Waals surface area contributed by atoms with Crippen LogP contribution < -0.4 is 4.90 Å². The van der Waals surface area contributed by atoms with Gasteiger partial charge in [0.15, 0.2) is 0 Å². The first kappa shape index (κ1) is 16.2. The molecule has 3 rings (SSSR count). The number of rotatable bonds is 4. The highest BCUT2D eigenvalue weighted by Gasteiger charge is 2.39. The highest BCUT2D eigenvalue weighted by molar-refractivity contribution is 6.35. The van der Waals surface area contributed by atoms with Crippen LogP contribution in [0.1, 0.15) is 33.2 Å². The number of benzene rings is 2. The van der Waals surface area contributed by atoms with Crippen LogP contribution in [0.2, 0.25) is 0 Å². The van der Waals surface area contributed by atoms with Gasteiger partial charge < -0.3 is 0 Å². The van der Waals surface area contributed by atoms with E-state index in [-0.39, 0.29) is 28.2 Å². The second-order valence-corrected chi connectivity index (χ2v) is 5.36. The van der Waals surface area contributed by atoms with Crippen molar-refractivity contribution in [3.8, 4) is 0 Å². The number of carbonyl (C=O) groups is 2. The molecule has 0 fully saturated rings. The number of non-ortho nitro benzene ring substituents is 2. The van der Waals surface area contributed by atoms with Crippen LogP contribution in [-0.2, 0) is 6.42 Å². The number of aryl methyl sites for hydroxylation is 1. The largest absolute Gasteiger partial charge is 0.270 e. The Morgan fingerprint density at radius 3 is 2.04 bits per heavy atom. The van der Waals surface area contributed by atoms with Crippen molar-refractivity contribution in [1.82, 2.24) is 0 Å². The van der Waals surface area contributed by atoms with E-state index in [4.69, 9.17) is 0 Å². The molecule has 0 atom stereocenters. The topological polar surface area (TPSA) is 124 Å². The molecule has 2 amide bonds. The summed E-state index contributed by atoms with van der Waals surface area (Å²) in [6.45, 7) is 1.73. The molecule has 2 aromatic carbocycles. The first-order valence-electron chi connectivity index (χ1n) is 7.29. The van der Waals surface area contributed by atoms with Crippen LogP contribution in [0.25, 0.3) is 0 Å². The zero-order valence-corrected chi connectivity index (χ0v) is 13.0. The summed E-state index contributed by atoms with van der Waals surface area (Å²) in [6.07, 6.45) is 0.344. The molecule has 0 saturated heterocycles. The number of carbonyl (C=O) groups excluding carboxylic acids is 2. The molecule has 0 aliphatic carbocycles. The average molecular weight is 341 g/mol. The molecule has 1 aliphatic heterocycles. The van der Waals surface area contributed by atoms with Gasteiger partial charge in [-0.15, -0.1) is 0 Å². The minimum absolute atomic E-state index is 0.0330. The Morgan fingerprint density at radius 1 is 0.920 bits per heavy atom. The van der Waals surface area contributed by atoms with Gasteiger partial charge in [0.25, 0.3) is 23.2 Å². The number of nitrogens with zero attached hydrogens (tertiary/aromatic N) is 3. The second kappa shape index (κ2) is 5.78. The van der Waals surface area contributed by atoms with Gasteiger partial charge in [-0.1, -0.05) is 6.92 Å². The zero-order chi connectivity index (χ0) is 18.3. The molecule has 1 heterocycles. The van der Waals surface area contributed by atoms with E-state index in [1.54, 1.807) is 6.92 Å². The van der Waals surface area contributed by atoms with Crippen molar-refractivity contribution < 1.29 is 19.4 Å². The summed E-state index contributed by atoms with van der Waals surface area (Å²) in [5.74, 6) is -1.28. The molecular formula is C16H11N3O6. The quantitative estimate of drug-likeness (QED) is 0.478. The summed E-state index contributed by atoms with van der Waals surface area (Å²) in [5.41, 5.74) is 0.242. The Bertz CT molecular complexity index is 936. The maximum atomic E-state index is 12.7. The molecule has 0 radical (unpaired) electrons. The zero-order valence-electron chi connectivity index (χ0n) is 13.0. The van der Waals surface area contributed by atoms with E-state index in [9.17, 15) is 29.8 Å². The fraction of sp³-hybridized carbons (Fsp3) is 0.125. The number of nitro benzene ring substituents is 2. The minimum atomic E-state index is -0.688. The Morgan fingerprint density at radius 2 is 1.52 bits per heavy atom. The molecule has 0 saturated carbocycles. The first-order valence-corrected chi connectivity index (χ1v) is 7.29. The second-order valence-electron chi connectivity index (χ2n) is 5.36.